The predicted molar refractivity (Wildman–Crippen MR) is 93.8 cm³/mol. The molecule has 1 N–H and O–H groups in total. The summed E-state index contributed by atoms with van der Waals surface area (Å²) >= 11 is 1.53. The Morgan fingerprint density at radius 2 is 2.35 bits per heavy atom. The standard InChI is InChI=1S/C18H20N2O5S/c1-11-13(19-16(25-11)14-3-2-6-26-14)7-15(21)20-8-12-9-24-5-4-18(12,10-20)17(22)23/h2-3,6,12H,4-5,7-10H2,1H3,(H,22,23)/t12-,18+/m0/s1. The van der Waals surface area contributed by atoms with E-state index in [1.54, 1.807) is 11.8 Å². The molecular weight excluding hydrogens is 356 g/mol. The van der Waals surface area contributed by atoms with Gasteiger partial charge in [0.25, 0.3) is 0 Å². The number of fused-ring (bicyclic) bond motifs is 1. The zero-order valence-corrected chi connectivity index (χ0v) is 15.3. The minimum Gasteiger partial charge on any atom is -0.481 e. The lowest BCUT2D eigenvalue weighted by Gasteiger charge is -2.33. The molecule has 4 heterocycles. The lowest BCUT2D eigenvalue weighted by atomic mass is 9.74. The van der Waals surface area contributed by atoms with Crippen LogP contribution in [-0.4, -0.2) is 53.2 Å². The number of likely N-dealkylation sites (tertiary alicyclic amines) is 1. The molecule has 2 atom stereocenters. The van der Waals surface area contributed by atoms with Gasteiger partial charge in [0, 0.05) is 25.6 Å². The first kappa shape index (κ1) is 17.2. The van der Waals surface area contributed by atoms with Crippen molar-refractivity contribution in [2.45, 2.75) is 19.8 Å². The molecular formula is C18H20N2O5S. The number of aryl methyl sites for hydroxylation is 1. The van der Waals surface area contributed by atoms with Crippen molar-refractivity contribution in [2.24, 2.45) is 11.3 Å². The Morgan fingerprint density at radius 3 is 3.04 bits per heavy atom. The topological polar surface area (TPSA) is 92.9 Å². The number of aromatic nitrogens is 1. The summed E-state index contributed by atoms with van der Waals surface area (Å²) in [4.78, 5) is 31.7. The molecule has 0 unspecified atom stereocenters. The SMILES string of the molecule is Cc1oc(-c2cccs2)nc1CC(=O)N1C[C@H]2COCC[C@@]2(C(=O)O)C1. The Bertz CT molecular complexity index is 831. The van der Waals surface area contributed by atoms with Gasteiger partial charge in [-0.3, -0.25) is 9.59 Å². The number of rotatable bonds is 4. The van der Waals surface area contributed by atoms with Crippen LogP contribution < -0.4 is 0 Å². The molecule has 7 nitrogen and oxygen atoms in total. The second kappa shape index (κ2) is 6.51. The molecule has 0 saturated carbocycles. The third-order valence-electron chi connectivity index (χ3n) is 5.43. The van der Waals surface area contributed by atoms with Crippen molar-refractivity contribution in [3.05, 3.63) is 29.0 Å². The van der Waals surface area contributed by atoms with E-state index in [2.05, 4.69) is 4.98 Å². The zero-order valence-electron chi connectivity index (χ0n) is 14.4. The molecule has 0 radical (unpaired) electrons. The molecule has 0 spiro atoms. The van der Waals surface area contributed by atoms with Crippen LogP contribution in [0.4, 0.5) is 0 Å². The van der Waals surface area contributed by atoms with Crippen LogP contribution in [0.5, 0.6) is 0 Å². The van der Waals surface area contributed by atoms with Gasteiger partial charge in [-0.15, -0.1) is 11.3 Å². The van der Waals surface area contributed by atoms with Crippen molar-refractivity contribution in [1.82, 2.24) is 9.88 Å². The van der Waals surface area contributed by atoms with Crippen LogP contribution in [0.2, 0.25) is 0 Å². The van der Waals surface area contributed by atoms with Crippen LogP contribution in [0.15, 0.2) is 21.9 Å². The van der Waals surface area contributed by atoms with Gasteiger partial charge in [-0.1, -0.05) is 6.07 Å². The van der Waals surface area contributed by atoms with E-state index < -0.39 is 11.4 Å². The number of carbonyl (C=O) groups excluding carboxylic acids is 1. The van der Waals surface area contributed by atoms with Crippen LogP contribution in [0.25, 0.3) is 10.8 Å². The number of oxazole rings is 1. The first-order chi connectivity index (χ1) is 12.5. The molecule has 2 fully saturated rings. The fraction of sp³-hybridized carbons (Fsp3) is 0.500. The third-order valence-corrected chi connectivity index (χ3v) is 6.29. The zero-order chi connectivity index (χ0) is 18.3. The van der Waals surface area contributed by atoms with Gasteiger partial charge in [0.15, 0.2) is 0 Å². The number of hydrogen-bond acceptors (Lipinski definition) is 6. The van der Waals surface area contributed by atoms with Gasteiger partial charge in [-0.25, -0.2) is 4.98 Å². The number of amides is 1. The Balaban J connectivity index is 1.50. The molecule has 0 aliphatic carbocycles. The smallest absolute Gasteiger partial charge is 0.311 e. The largest absolute Gasteiger partial charge is 0.481 e. The first-order valence-electron chi connectivity index (χ1n) is 8.59. The molecule has 4 rings (SSSR count). The molecule has 2 aliphatic heterocycles. The maximum Gasteiger partial charge on any atom is 0.311 e. The lowest BCUT2D eigenvalue weighted by molar-refractivity contribution is -0.157. The minimum absolute atomic E-state index is 0.115. The van der Waals surface area contributed by atoms with Crippen molar-refractivity contribution >= 4 is 23.2 Å². The summed E-state index contributed by atoms with van der Waals surface area (Å²) in [5.41, 5.74) is -0.275. The summed E-state index contributed by atoms with van der Waals surface area (Å²) in [6, 6.07) is 3.84. The number of aliphatic carboxylic acids is 1. The maximum absolute atomic E-state index is 12.8. The summed E-state index contributed by atoms with van der Waals surface area (Å²) < 4.78 is 11.1. The van der Waals surface area contributed by atoms with Crippen molar-refractivity contribution in [2.75, 3.05) is 26.3 Å². The van der Waals surface area contributed by atoms with Crippen LogP contribution in [0.1, 0.15) is 17.9 Å². The van der Waals surface area contributed by atoms with Gasteiger partial charge in [-0.2, -0.15) is 0 Å². The quantitative estimate of drug-likeness (QED) is 0.879. The highest BCUT2D eigenvalue weighted by atomic mass is 32.1. The Hall–Kier alpha value is -2.19. The van der Waals surface area contributed by atoms with Gasteiger partial charge in [0.2, 0.25) is 11.8 Å². The lowest BCUT2D eigenvalue weighted by Crippen LogP contribution is -2.45. The number of carbonyl (C=O) groups is 2. The third kappa shape index (κ3) is 2.83. The number of ether oxygens (including phenoxy) is 1. The molecule has 2 saturated heterocycles. The number of carboxylic acids is 1. The molecule has 1 amide bonds. The molecule has 2 aromatic rings. The van der Waals surface area contributed by atoms with E-state index in [0.717, 1.165) is 4.88 Å². The van der Waals surface area contributed by atoms with Gasteiger partial charge in [0.1, 0.15) is 5.76 Å². The van der Waals surface area contributed by atoms with Crippen LogP contribution >= 0.6 is 11.3 Å². The maximum atomic E-state index is 12.8. The Kier molecular flexibility index (Phi) is 4.32. The molecule has 2 aliphatic rings. The summed E-state index contributed by atoms with van der Waals surface area (Å²) in [5, 5.41) is 11.7. The second-order valence-corrected chi connectivity index (χ2v) is 7.88. The van der Waals surface area contributed by atoms with Crippen molar-refractivity contribution in [1.29, 1.82) is 0 Å². The van der Waals surface area contributed by atoms with Gasteiger partial charge < -0.3 is 19.2 Å². The van der Waals surface area contributed by atoms with Crippen molar-refractivity contribution in [3.63, 3.8) is 0 Å². The molecule has 8 heteroatoms. The van der Waals surface area contributed by atoms with E-state index in [0.29, 0.717) is 43.5 Å². The van der Waals surface area contributed by atoms with Gasteiger partial charge in [-0.05, 0) is 24.8 Å². The van der Waals surface area contributed by atoms with Crippen LogP contribution in [0, 0.1) is 18.3 Å². The number of carboxylic acid groups (broad SMARTS) is 1. The summed E-state index contributed by atoms with van der Waals surface area (Å²) in [7, 11) is 0. The minimum atomic E-state index is -0.880. The fourth-order valence-electron chi connectivity index (χ4n) is 3.84. The molecule has 2 aromatic heterocycles. The predicted octanol–water partition coefficient (Wildman–Crippen LogP) is 2.20. The van der Waals surface area contributed by atoms with E-state index in [4.69, 9.17) is 9.15 Å². The van der Waals surface area contributed by atoms with E-state index in [1.165, 1.54) is 11.3 Å². The highest BCUT2D eigenvalue weighted by Gasteiger charge is 2.54. The fourth-order valence-corrected chi connectivity index (χ4v) is 4.49. The molecule has 26 heavy (non-hydrogen) atoms. The Labute approximate surface area is 154 Å². The van der Waals surface area contributed by atoms with Crippen LogP contribution in [0.3, 0.4) is 0 Å². The highest BCUT2D eigenvalue weighted by molar-refractivity contribution is 7.13. The summed E-state index contributed by atoms with van der Waals surface area (Å²) in [6.07, 6.45) is 0.562. The van der Waals surface area contributed by atoms with E-state index in [9.17, 15) is 14.7 Å². The van der Waals surface area contributed by atoms with E-state index in [1.807, 2.05) is 17.5 Å². The van der Waals surface area contributed by atoms with Crippen molar-refractivity contribution < 1.29 is 23.8 Å². The summed E-state index contributed by atoms with van der Waals surface area (Å²) in [6.45, 7) is 3.27. The monoisotopic (exact) mass is 376 g/mol. The highest BCUT2D eigenvalue weighted by Crippen LogP contribution is 2.42. The molecule has 0 bridgehead atoms. The van der Waals surface area contributed by atoms with Gasteiger partial charge >= 0.3 is 5.97 Å². The first-order valence-corrected chi connectivity index (χ1v) is 9.46. The number of nitrogens with zero attached hydrogens (tertiary/aromatic N) is 2. The second-order valence-electron chi connectivity index (χ2n) is 6.93. The average molecular weight is 376 g/mol. The molecule has 138 valence electrons. The number of thiophene rings is 1. The average Bonchev–Trinajstić information content (AvgIpc) is 3.33. The summed E-state index contributed by atoms with van der Waals surface area (Å²) in [5.74, 6) is 0.0334. The normalized spacial score (nSPS) is 25.3. The molecule has 0 aromatic carbocycles. The van der Waals surface area contributed by atoms with Crippen LogP contribution in [-0.2, 0) is 20.7 Å². The number of hydrogen-bond donors (Lipinski definition) is 1. The Morgan fingerprint density at radius 1 is 1.50 bits per heavy atom. The van der Waals surface area contributed by atoms with E-state index in [-0.39, 0.29) is 24.8 Å². The van der Waals surface area contributed by atoms with Gasteiger partial charge in [0.05, 0.1) is 29.0 Å². The van der Waals surface area contributed by atoms with E-state index >= 15 is 0 Å². The van der Waals surface area contributed by atoms with Crippen molar-refractivity contribution in [3.8, 4) is 10.8 Å².